The van der Waals surface area contributed by atoms with Gasteiger partial charge in [-0.25, -0.2) is 0 Å². The molecule has 4 atom stereocenters. The SMILES string of the molecule is B[C@@H]1O[C@H](CO)C(OCCCCCCN2C(=O)c3ccccc3C2=O)[C@@H]1OC(=O)CCC(=O)O. The van der Waals surface area contributed by atoms with Crippen molar-refractivity contribution < 1.29 is 43.6 Å². The number of hydrogen-bond acceptors (Lipinski definition) is 8. The van der Waals surface area contributed by atoms with Gasteiger partial charge in [0.15, 0.2) is 0 Å². The fourth-order valence-corrected chi connectivity index (χ4v) is 4.23. The van der Waals surface area contributed by atoms with Crippen LogP contribution in [0.3, 0.4) is 0 Å². The monoisotopic (exact) mass is 475 g/mol. The molecule has 10 nitrogen and oxygen atoms in total. The van der Waals surface area contributed by atoms with Crippen LogP contribution < -0.4 is 0 Å². The highest BCUT2D eigenvalue weighted by Crippen LogP contribution is 2.26. The summed E-state index contributed by atoms with van der Waals surface area (Å²) in [5, 5.41) is 18.3. The minimum Gasteiger partial charge on any atom is -0.481 e. The van der Waals surface area contributed by atoms with Crippen molar-refractivity contribution in [2.24, 2.45) is 0 Å². The zero-order valence-corrected chi connectivity index (χ0v) is 19.2. The number of aliphatic hydroxyl groups excluding tert-OH is 1. The number of hydrogen-bond donors (Lipinski definition) is 2. The first-order chi connectivity index (χ1) is 16.3. The molecule has 2 aliphatic heterocycles. The normalized spacial score (nSPS) is 23.9. The number of ether oxygens (including phenoxy) is 3. The van der Waals surface area contributed by atoms with E-state index in [0.717, 1.165) is 12.8 Å². The van der Waals surface area contributed by atoms with Gasteiger partial charge in [-0.3, -0.25) is 24.1 Å². The number of unbranched alkanes of at least 4 members (excludes halogenated alkanes) is 3. The number of nitrogens with zero attached hydrogens (tertiary/aromatic N) is 1. The molecule has 0 bridgehead atoms. The van der Waals surface area contributed by atoms with Gasteiger partial charge in [-0.2, -0.15) is 0 Å². The van der Waals surface area contributed by atoms with Gasteiger partial charge < -0.3 is 24.4 Å². The fraction of sp³-hybridized carbons (Fsp3) is 0.565. The van der Waals surface area contributed by atoms with Gasteiger partial charge in [0.2, 0.25) is 0 Å². The molecular formula is C23H30BNO9. The molecule has 2 N–H and O–H groups in total. The first kappa shape index (κ1) is 25.9. The number of amides is 2. The molecule has 2 amide bonds. The highest BCUT2D eigenvalue weighted by Gasteiger charge is 2.45. The maximum absolute atomic E-state index is 12.4. The first-order valence-corrected chi connectivity index (χ1v) is 11.6. The van der Waals surface area contributed by atoms with Gasteiger partial charge in [0.1, 0.15) is 26.2 Å². The minimum absolute atomic E-state index is 0.248. The van der Waals surface area contributed by atoms with Gasteiger partial charge in [0, 0.05) is 13.2 Å². The van der Waals surface area contributed by atoms with E-state index in [0.29, 0.717) is 37.1 Å². The van der Waals surface area contributed by atoms with Gasteiger partial charge in [-0.15, -0.1) is 0 Å². The molecule has 1 aromatic carbocycles. The molecule has 0 aromatic heterocycles. The smallest absolute Gasteiger partial charge is 0.306 e. The largest absolute Gasteiger partial charge is 0.481 e. The Kier molecular flexibility index (Phi) is 9.20. The first-order valence-electron chi connectivity index (χ1n) is 11.6. The predicted molar refractivity (Wildman–Crippen MR) is 121 cm³/mol. The van der Waals surface area contributed by atoms with Crippen molar-refractivity contribution in [1.29, 1.82) is 0 Å². The Bertz CT molecular complexity index is 873. The summed E-state index contributed by atoms with van der Waals surface area (Å²) >= 11 is 0. The molecule has 1 unspecified atom stereocenters. The van der Waals surface area contributed by atoms with E-state index in [1.807, 2.05) is 0 Å². The second kappa shape index (κ2) is 12.1. The Labute approximate surface area is 198 Å². The molecule has 34 heavy (non-hydrogen) atoms. The molecule has 184 valence electrons. The molecule has 3 rings (SSSR count). The number of esters is 1. The number of carboxylic acids is 1. The molecule has 1 aromatic rings. The summed E-state index contributed by atoms with van der Waals surface area (Å²) in [7, 11) is 1.71. The lowest BCUT2D eigenvalue weighted by atomic mass is 9.92. The van der Waals surface area contributed by atoms with E-state index in [9.17, 15) is 24.3 Å². The molecule has 0 aliphatic carbocycles. The topological polar surface area (TPSA) is 140 Å². The number of aliphatic carboxylic acids is 1. The van der Waals surface area contributed by atoms with Crippen molar-refractivity contribution in [3.63, 3.8) is 0 Å². The van der Waals surface area contributed by atoms with E-state index in [-0.39, 0.29) is 31.3 Å². The maximum atomic E-state index is 12.4. The summed E-state index contributed by atoms with van der Waals surface area (Å²) in [5.74, 6) is -2.24. The van der Waals surface area contributed by atoms with Gasteiger partial charge >= 0.3 is 11.9 Å². The molecule has 0 saturated carbocycles. The minimum atomic E-state index is -1.09. The summed E-state index contributed by atoms with van der Waals surface area (Å²) in [4.78, 5) is 48.6. The number of imide groups is 1. The fourth-order valence-electron chi connectivity index (χ4n) is 4.23. The number of fused-ring (bicyclic) bond motifs is 1. The average Bonchev–Trinajstić information content (AvgIpc) is 3.25. The van der Waals surface area contributed by atoms with Crippen LogP contribution in [0.4, 0.5) is 0 Å². The number of carbonyl (C=O) groups excluding carboxylic acids is 3. The van der Waals surface area contributed by atoms with Crippen LogP contribution in [0.1, 0.15) is 59.2 Å². The lowest BCUT2D eigenvalue weighted by Crippen LogP contribution is -2.40. The van der Waals surface area contributed by atoms with Crippen molar-refractivity contribution >= 4 is 31.6 Å². The zero-order valence-electron chi connectivity index (χ0n) is 19.2. The van der Waals surface area contributed by atoms with Crippen molar-refractivity contribution in [3.8, 4) is 0 Å². The maximum Gasteiger partial charge on any atom is 0.306 e. The predicted octanol–water partition coefficient (Wildman–Crippen LogP) is 0.355. The third-order valence-electron chi connectivity index (χ3n) is 6.00. The molecule has 2 heterocycles. The highest BCUT2D eigenvalue weighted by molar-refractivity contribution is 6.21. The molecule has 0 radical (unpaired) electrons. The Balaban J connectivity index is 1.37. The zero-order chi connectivity index (χ0) is 24.7. The Morgan fingerprint density at radius 1 is 1.00 bits per heavy atom. The van der Waals surface area contributed by atoms with Crippen molar-refractivity contribution in [3.05, 3.63) is 35.4 Å². The van der Waals surface area contributed by atoms with Crippen LogP contribution in [0, 0.1) is 0 Å². The molecule has 11 heteroatoms. The van der Waals surface area contributed by atoms with Crippen LogP contribution in [0.15, 0.2) is 24.3 Å². The molecule has 1 saturated heterocycles. The van der Waals surface area contributed by atoms with Crippen LogP contribution in [-0.4, -0.2) is 90.8 Å². The van der Waals surface area contributed by atoms with E-state index in [1.54, 1.807) is 32.1 Å². The average molecular weight is 475 g/mol. The lowest BCUT2D eigenvalue weighted by Gasteiger charge is -2.23. The van der Waals surface area contributed by atoms with E-state index >= 15 is 0 Å². The quantitative estimate of drug-likeness (QED) is 0.179. The lowest BCUT2D eigenvalue weighted by molar-refractivity contribution is -0.158. The van der Waals surface area contributed by atoms with Crippen LogP contribution in [0.5, 0.6) is 0 Å². The van der Waals surface area contributed by atoms with E-state index in [2.05, 4.69) is 0 Å². The van der Waals surface area contributed by atoms with Crippen LogP contribution in [-0.2, 0) is 23.8 Å². The third kappa shape index (κ3) is 6.22. The van der Waals surface area contributed by atoms with Crippen molar-refractivity contribution in [1.82, 2.24) is 4.90 Å². The summed E-state index contributed by atoms with van der Waals surface area (Å²) in [6, 6.07) is 6.32. The van der Waals surface area contributed by atoms with Gasteiger partial charge in [-0.1, -0.05) is 25.0 Å². The van der Waals surface area contributed by atoms with Crippen LogP contribution in [0.25, 0.3) is 0 Å². The second-order valence-corrected chi connectivity index (χ2v) is 8.47. The number of carboxylic acid groups (broad SMARTS) is 1. The Morgan fingerprint density at radius 3 is 2.26 bits per heavy atom. The molecule has 2 aliphatic rings. The van der Waals surface area contributed by atoms with E-state index in [1.165, 1.54) is 4.90 Å². The van der Waals surface area contributed by atoms with Gasteiger partial charge in [0.25, 0.3) is 11.8 Å². The summed E-state index contributed by atoms with van der Waals surface area (Å²) in [5.41, 5.74) is 0.899. The Hall–Kier alpha value is -2.76. The standard InChI is InChI=1S/C23H30BNO9/c24-21-20(34-18(29)10-9-17(27)28)19(16(13-26)33-21)32-12-6-2-1-5-11-25-22(30)14-7-3-4-8-15(14)23(25)31/h3-4,7-8,16,19-21,26H,1-2,5-6,9-13,24H2,(H,27,28)/t16-,19?,20+,21-/m1/s1. The molecule has 1 fully saturated rings. The number of benzene rings is 1. The van der Waals surface area contributed by atoms with Gasteiger partial charge in [-0.05, 0) is 25.0 Å². The summed E-state index contributed by atoms with van der Waals surface area (Å²) in [6.07, 6.45) is 0.395. The number of aliphatic hydroxyl groups is 1. The van der Waals surface area contributed by atoms with Crippen LogP contribution >= 0.6 is 0 Å². The summed E-state index contributed by atoms with van der Waals surface area (Å²) in [6.45, 7) is 0.425. The Morgan fingerprint density at radius 2 is 1.65 bits per heavy atom. The second-order valence-electron chi connectivity index (χ2n) is 8.47. The summed E-state index contributed by atoms with van der Waals surface area (Å²) < 4.78 is 16.9. The van der Waals surface area contributed by atoms with Crippen LogP contribution in [0.2, 0.25) is 0 Å². The van der Waals surface area contributed by atoms with Crippen molar-refractivity contribution in [2.75, 3.05) is 19.8 Å². The van der Waals surface area contributed by atoms with Crippen molar-refractivity contribution in [2.45, 2.75) is 62.8 Å². The van der Waals surface area contributed by atoms with E-state index < -0.39 is 36.3 Å². The van der Waals surface area contributed by atoms with Gasteiger partial charge in [0.05, 0.1) is 36.6 Å². The number of carbonyl (C=O) groups is 4. The third-order valence-corrected chi connectivity index (χ3v) is 6.00. The molecule has 0 spiro atoms. The molecular weight excluding hydrogens is 445 g/mol. The highest BCUT2D eigenvalue weighted by atomic mass is 16.6. The number of rotatable bonds is 13. The van der Waals surface area contributed by atoms with E-state index in [4.69, 9.17) is 19.3 Å².